The van der Waals surface area contributed by atoms with Crippen LogP contribution in [0.1, 0.15) is 27.0 Å². The van der Waals surface area contributed by atoms with Crippen LogP contribution in [-0.2, 0) is 27.6 Å². The van der Waals surface area contributed by atoms with Gasteiger partial charge in [-0.3, -0.25) is 9.78 Å². The van der Waals surface area contributed by atoms with E-state index in [0.717, 1.165) is 17.4 Å². The van der Waals surface area contributed by atoms with Crippen molar-refractivity contribution in [2.75, 3.05) is 30.8 Å². The van der Waals surface area contributed by atoms with E-state index in [9.17, 15) is 28.2 Å². The molecular weight excluding hydrogens is 437 g/mol. The van der Waals surface area contributed by atoms with Gasteiger partial charge in [0.2, 0.25) is 0 Å². The Morgan fingerprint density at radius 3 is 2.56 bits per heavy atom. The van der Waals surface area contributed by atoms with Gasteiger partial charge in [-0.05, 0) is 40.0 Å². The maximum Gasteiger partial charge on any atom is 0.309 e. The number of phenols is 1. The van der Waals surface area contributed by atoms with Gasteiger partial charge in [0, 0.05) is 30.2 Å². The second-order valence-corrected chi connectivity index (χ2v) is 9.88. The summed E-state index contributed by atoms with van der Waals surface area (Å²) in [5.74, 6) is -1.11. The maximum atomic E-state index is 13.2. The Bertz CT molecular complexity index is 1260. The number of hydrogen-bond acceptors (Lipinski definition) is 5. The monoisotopic (exact) mass is 460 g/mol. The zero-order valence-electron chi connectivity index (χ0n) is 17.6. The lowest BCUT2D eigenvalue weighted by Crippen LogP contribution is -2.32. The smallest absolute Gasteiger partial charge is 0.309 e. The molecule has 0 saturated carbocycles. The molecule has 1 aliphatic rings. The van der Waals surface area contributed by atoms with Gasteiger partial charge in [-0.25, -0.2) is 4.39 Å². The fourth-order valence-corrected chi connectivity index (χ4v) is 4.54. The van der Waals surface area contributed by atoms with E-state index in [2.05, 4.69) is 4.98 Å². The molecule has 1 aliphatic heterocycles. The number of carbonyl (C=O) groups excluding carboxylic acids is 1. The molecule has 32 heavy (non-hydrogen) atoms. The highest BCUT2D eigenvalue weighted by atomic mass is 32.3. The maximum absolute atomic E-state index is 13.2. The number of halogens is 1. The molecule has 168 valence electrons. The Morgan fingerprint density at radius 2 is 1.94 bits per heavy atom. The molecule has 0 aliphatic carbocycles. The Hall–Kier alpha value is -3.08. The van der Waals surface area contributed by atoms with Crippen LogP contribution in [0.5, 0.6) is 5.75 Å². The van der Waals surface area contributed by atoms with Crippen molar-refractivity contribution in [3.8, 4) is 5.75 Å². The third-order valence-corrected chi connectivity index (χ3v) is 6.81. The van der Waals surface area contributed by atoms with E-state index in [4.69, 9.17) is 0 Å². The van der Waals surface area contributed by atoms with Gasteiger partial charge in [-0.1, -0.05) is 12.1 Å². The third-order valence-electron chi connectivity index (χ3n) is 5.61. The van der Waals surface area contributed by atoms with Crippen LogP contribution >= 0.6 is 0 Å². The molecule has 3 aromatic rings. The van der Waals surface area contributed by atoms with Crippen LogP contribution in [0.15, 0.2) is 36.5 Å². The number of amides is 1. The molecular formula is C22H23FN3O5S+. The van der Waals surface area contributed by atoms with Gasteiger partial charge in [-0.2, -0.15) is 8.86 Å². The minimum atomic E-state index is -3.45. The number of aromatic hydroxyl groups is 1. The number of anilines is 1. The average molecular weight is 461 g/mol. The number of benzene rings is 2. The fourth-order valence-electron chi connectivity index (χ4n) is 3.99. The quantitative estimate of drug-likeness (QED) is 0.487. The number of fused-ring (bicyclic) bond motifs is 2. The number of β-amino-alcohol motifs (C(OH)–C–C–N with tert-alkyl or cyclic N) is 1. The van der Waals surface area contributed by atoms with Crippen molar-refractivity contribution < 1.29 is 28.2 Å². The number of aliphatic hydroxyl groups is 1. The summed E-state index contributed by atoms with van der Waals surface area (Å²) in [6.45, 7) is -0.109. The van der Waals surface area contributed by atoms with Gasteiger partial charge in [0.1, 0.15) is 17.0 Å². The number of nitrogens with zero attached hydrogens (tertiary/aromatic N) is 3. The van der Waals surface area contributed by atoms with Crippen LogP contribution in [0.25, 0.3) is 10.9 Å². The largest absolute Gasteiger partial charge is 0.505 e. The van der Waals surface area contributed by atoms with E-state index in [-0.39, 0.29) is 42.3 Å². The Kier molecular flexibility index (Phi) is 5.61. The lowest BCUT2D eigenvalue weighted by atomic mass is 9.98. The molecule has 0 saturated heterocycles. The minimum Gasteiger partial charge on any atom is -0.505 e. The van der Waals surface area contributed by atoms with Gasteiger partial charge >= 0.3 is 10.4 Å². The SMILES string of the molecule is CN(c1c2c(c(O)c3ncc(Cc4ccc(F)cc4)cc13)C(=O)N(CCO)C2)[S+](C)(=O)O. The topological polar surface area (TPSA) is 114 Å². The van der Waals surface area contributed by atoms with Crippen molar-refractivity contribution in [2.45, 2.75) is 13.0 Å². The molecule has 1 unspecified atom stereocenters. The van der Waals surface area contributed by atoms with Gasteiger partial charge in [0.05, 0.1) is 19.2 Å². The lowest BCUT2D eigenvalue weighted by Gasteiger charge is -2.21. The highest BCUT2D eigenvalue weighted by Crippen LogP contribution is 2.44. The number of pyridine rings is 1. The molecule has 2 heterocycles. The van der Waals surface area contributed by atoms with Crippen molar-refractivity contribution in [1.82, 2.24) is 9.88 Å². The fraction of sp³-hybridized carbons (Fsp3) is 0.273. The number of carbonyl (C=O) groups is 1. The van der Waals surface area contributed by atoms with Crippen LogP contribution in [0, 0.1) is 5.82 Å². The summed E-state index contributed by atoms with van der Waals surface area (Å²) in [5.41, 5.74) is 2.48. The molecule has 10 heteroatoms. The molecule has 1 atom stereocenters. The van der Waals surface area contributed by atoms with Gasteiger partial charge in [0.25, 0.3) is 5.91 Å². The van der Waals surface area contributed by atoms with E-state index in [1.165, 1.54) is 28.4 Å². The van der Waals surface area contributed by atoms with Crippen molar-refractivity contribution in [3.63, 3.8) is 0 Å². The number of rotatable bonds is 6. The van der Waals surface area contributed by atoms with Crippen molar-refractivity contribution >= 4 is 32.9 Å². The van der Waals surface area contributed by atoms with Gasteiger partial charge in [0.15, 0.2) is 12.0 Å². The van der Waals surface area contributed by atoms with Crippen molar-refractivity contribution in [1.29, 1.82) is 0 Å². The molecule has 8 nitrogen and oxygen atoms in total. The number of hydrogen-bond donors (Lipinski definition) is 3. The first-order valence-corrected chi connectivity index (χ1v) is 11.8. The molecule has 0 spiro atoms. The van der Waals surface area contributed by atoms with E-state index < -0.39 is 16.3 Å². The summed E-state index contributed by atoms with van der Waals surface area (Å²) in [4.78, 5) is 18.6. The number of aromatic nitrogens is 1. The molecule has 2 aromatic carbocycles. The first kappa shape index (κ1) is 22.1. The Morgan fingerprint density at radius 1 is 1.25 bits per heavy atom. The summed E-state index contributed by atoms with van der Waals surface area (Å²) in [7, 11) is -2.01. The van der Waals surface area contributed by atoms with E-state index in [0.29, 0.717) is 23.1 Å². The predicted octanol–water partition coefficient (Wildman–Crippen LogP) is 2.57. The predicted molar refractivity (Wildman–Crippen MR) is 119 cm³/mol. The van der Waals surface area contributed by atoms with Crippen LogP contribution in [0.4, 0.5) is 10.1 Å². The highest BCUT2D eigenvalue weighted by molar-refractivity contribution is 7.98. The number of phenolic OH excluding ortho intramolecular Hbond substituents is 1. The molecule has 0 radical (unpaired) electrons. The van der Waals surface area contributed by atoms with Crippen LogP contribution in [-0.4, -0.2) is 57.0 Å². The molecule has 1 aromatic heterocycles. The van der Waals surface area contributed by atoms with Crippen molar-refractivity contribution in [3.05, 3.63) is 64.6 Å². The number of aliphatic hydroxyl groups excluding tert-OH is 1. The van der Waals surface area contributed by atoms with Crippen molar-refractivity contribution in [2.24, 2.45) is 0 Å². The zero-order chi connectivity index (χ0) is 23.2. The Labute approximate surface area is 185 Å². The van der Waals surface area contributed by atoms with Crippen LogP contribution in [0.2, 0.25) is 0 Å². The zero-order valence-corrected chi connectivity index (χ0v) is 18.4. The summed E-state index contributed by atoms with van der Waals surface area (Å²) in [6, 6.07) is 7.79. The normalized spacial score (nSPS) is 15.2. The molecule has 4 rings (SSSR count). The summed E-state index contributed by atoms with van der Waals surface area (Å²) >= 11 is 0. The first-order chi connectivity index (χ1) is 15.1. The van der Waals surface area contributed by atoms with E-state index >= 15 is 0 Å². The van der Waals surface area contributed by atoms with Crippen LogP contribution < -0.4 is 4.31 Å². The second-order valence-electron chi connectivity index (χ2n) is 7.80. The summed E-state index contributed by atoms with van der Waals surface area (Å²) < 4.78 is 37.2. The molecule has 1 amide bonds. The van der Waals surface area contributed by atoms with E-state index in [1.807, 2.05) is 0 Å². The minimum absolute atomic E-state index is 0.0234. The van der Waals surface area contributed by atoms with Gasteiger partial charge in [-0.15, -0.1) is 0 Å². The summed E-state index contributed by atoms with van der Waals surface area (Å²) in [6.07, 6.45) is 3.14. The standard InChI is InChI=1S/C22H22FN3O5S/c1-25(32(2,30)31)20-16-10-14(9-13-3-5-15(23)6-4-13)11-24-19(16)21(28)18-17(20)12-26(7-8-27)22(18)29/h3-6,10-11,27H,7-9,12H2,1-2H3,(H-,28,29,30,31)/p+1. The molecule has 0 fully saturated rings. The third kappa shape index (κ3) is 3.81. The second kappa shape index (κ2) is 8.12. The lowest BCUT2D eigenvalue weighted by molar-refractivity contribution is 0.0744. The average Bonchev–Trinajstić information content (AvgIpc) is 3.05. The van der Waals surface area contributed by atoms with Crippen LogP contribution in [0.3, 0.4) is 0 Å². The van der Waals surface area contributed by atoms with Gasteiger partial charge < -0.3 is 15.1 Å². The van der Waals surface area contributed by atoms with E-state index in [1.54, 1.807) is 24.4 Å². The summed E-state index contributed by atoms with van der Waals surface area (Å²) in [5, 5.41) is 20.6. The highest BCUT2D eigenvalue weighted by Gasteiger charge is 2.39. The molecule has 0 bridgehead atoms. The Balaban J connectivity index is 1.93. The molecule has 3 N–H and O–H groups in total. The first-order valence-electron chi connectivity index (χ1n) is 9.88.